The van der Waals surface area contributed by atoms with E-state index in [2.05, 4.69) is 6.92 Å². The fourth-order valence-corrected chi connectivity index (χ4v) is 1.79. The first-order valence-electron chi connectivity index (χ1n) is 5.63. The minimum atomic E-state index is -0.0819. The molecule has 80 valence electrons. The van der Waals surface area contributed by atoms with Crippen molar-refractivity contribution in [3.8, 4) is 0 Å². The summed E-state index contributed by atoms with van der Waals surface area (Å²) in [5.74, 6) is 0.552. The maximum absolute atomic E-state index is 11.2. The topological polar surface area (TPSA) is 26.3 Å². The lowest BCUT2D eigenvalue weighted by Crippen LogP contribution is -2.10. The third-order valence-corrected chi connectivity index (χ3v) is 2.64. The van der Waals surface area contributed by atoms with Crippen molar-refractivity contribution in [1.29, 1.82) is 0 Å². The number of rotatable bonds is 5. The second-order valence-corrected chi connectivity index (χ2v) is 3.92. The summed E-state index contributed by atoms with van der Waals surface area (Å²) in [5, 5.41) is 0. The summed E-state index contributed by atoms with van der Waals surface area (Å²) in [6, 6.07) is 0. The van der Waals surface area contributed by atoms with Crippen molar-refractivity contribution < 1.29 is 9.53 Å². The van der Waals surface area contributed by atoms with E-state index in [1.165, 1.54) is 25.7 Å². The van der Waals surface area contributed by atoms with E-state index in [4.69, 9.17) is 4.74 Å². The Morgan fingerprint density at radius 1 is 1.36 bits per heavy atom. The average Bonchev–Trinajstić information content (AvgIpc) is 2.68. The van der Waals surface area contributed by atoms with Crippen molar-refractivity contribution in [3.63, 3.8) is 0 Å². The molecule has 1 fully saturated rings. The predicted molar refractivity (Wildman–Crippen MR) is 57.0 cm³/mol. The van der Waals surface area contributed by atoms with Crippen molar-refractivity contribution in [2.75, 3.05) is 6.61 Å². The van der Waals surface area contributed by atoms with Crippen molar-refractivity contribution >= 4 is 5.97 Å². The van der Waals surface area contributed by atoms with Gasteiger partial charge in [-0.3, -0.25) is 4.79 Å². The number of esters is 1. The molecule has 0 unspecified atom stereocenters. The van der Waals surface area contributed by atoms with E-state index in [0.29, 0.717) is 18.9 Å². The number of allylic oxidation sites excluding steroid dienone is 1. The first kappa shape index (κ1) is 11.3. The maximum atomic E-state index is 11.2. The molecule has 2 heteroatoms. The van der Waals surface area contributed by atoms with Crippen molar-refractivity contribution in [2.24, 2.45) is 5.92 Å². The van der Waals surface area contributed by atoms with Gasteiger partial charge in [0.05, 0.1) is 13.0 Å². The van der Waals surface area contributed by atoms with E-state index in [1.807, 2.05) is 12.2 Å². The first-order chi connectivity index (χ1) is 6.83. The fourth-order valence-electron chi connectivity index (χ4n) is 1.79. The summed E-state index contributed by atoms with van der Waals surface area (Å²) < 4.78 is 5.18. The van der Waals surface area contributed by atoms with Gasteiger partial charge in [-0.2, -0.15) is 0 Å². The molecular weight excluding hydrogens is 176 g/mol. The lowest BCUT2D eigenvalue weighted by molar-refractivity contribution is -0.143. The van der Waals surface area contributed by atoms with Crippen molar-refractivity contribution in [1.82, 2.24) is 0 Å². The maximum Gasteiger partial charge on any atom is 0.309 e. The lowest BCUT2D eigenvalue weighted by Gasteiger charge is -2.08. The van der Waals surface area contributed by atoms with E-state index in [9.17, 15) is 4.79 Å². The summed E-state index contributed by atoms with van der Waals surface area (Å²) in [7, 11) is 0. The molecule has 0 heterocycles. The van der Waals surface area contributed by atoms with Crippen molar-refractivity contribution in [3.05, 3.63) is 12.2 Å². The molecule has 0 bridgehead atoms. The summed E-state index contributed by atoms with van der Waals surface area (Å²) in [5.41, 5.74) is 0. The Morgan fingerprint density at radius 3 is 2.71 bits per heavy atom. The molecule has 1 aliphatic rings. The van der Waals surface area contributed by atoms with Gasteiger partial charge in [-0.25, -0.2) is 0 Å². The molecule has 0 atom stereocenters. The van der Waals surface area contributed by atoms with Gasteiger partial charge in [0.1, 0.15) is 0 Å². The standard InChI is InChI=1S/C12H20O2/c1-2-3-4-9-12(13)14-10-11-7-5-6-8-11/h3-4,11H,2,5-10H2,1H3. The van der Waals surface area contributed by atoms with Crippen LogP contribution in [0.2, 0.25) is 0 Å². The van der Waals surface area contributed by atoms with Crippen LogP contribution in [0.4, 0.5) is 0 Å². The van der Waals surface area contributed by atoms with Gasteiger partial charge < -0.3 is 4.74 Å². The molecule has 0 aromatic carbocycles. The van der Waals surface area contributed by atoms with E-state index in [-0.39, 0.29) is 5.97 Å². The number of hydrogen-bond acceptors (Lipinski definition) is 2. The predicted octanol–water partition coefficient (Wildman–Crippen LogP) is 3.08. The molecule has 0 spiro atoms. The highest BCUT2D eigenvalue weighted by Gasteiger charge is 2.16. The largest absolute Gasteiger partial charge is 0.465 e. The van der Waals surface area contributed by atoms with Gasteiger partial charge in [0.25, 0.3) is 0 Å². The van der Waals surface area contributed by atoms with Crippen LogP contribution in [0.5, 0.6) is 0 Å². The molecule has 0 aromatic heterocycles. The second-order valence-electron chi connectivity index (χ2n) is 3.92. The monoisotopic (exact) mass is 196 g/mol. The van der Waals surface area contributed by atoms with Crippen molar-refractivity contribution in [2.45, 2.75) is 45.4 Å². The van der Waals surface area contributed by atoms with E-state index >= 15 is 0 Å². The van der Waals surface area contributed by atoms with Crippen LogP contribution in [-0.2, 0) is 9.53 Å². The molecular formula is C12H20O2. The Bertz CT molecular complexity index is 190. The van der Waals surface area contributed by atoms with Crippen LogP contribution in [0, 0.1) is 5.92 Å². The minimum Gasteiger partial charge on any atom is -0.465 e. The van der Waals surface area contributed by atoms with Gasteiger partial charge in [0.15, 0.2) is 0 Å². The molecule has 1 aliphatic carbocycles. The minimum absolute atomic E-state index is 0.0819. The molecule has 1 saturated carbocycles. The molecule has 0 aliphatic heterocycles. The molecule has 14 heavy (non-hydrogen) atoms. The Morgan fingerprint density at radius 2 is 2.07 bits per heavy atom. The molecule has 1 rings (SSSR count). The number of ether oxygens (including phenoxy) is 1. The third kappa shape index (κ3) is 4.45. The van der Waals surface area contributed by atoms with Gasteiger partial charge in [-0.05, 0) is 25.2 Å². The fraction of sp³-hybridized carbons (Fsp3) is 0.750. The third-order valence-electron chi connectivity index (χ3n) is 2.64. The van der Waals surface area contributed by atoms with Crippen LogP contribution in [0.3, 0.4) is 0 Å². The zero-order chi connectivity index (χ0) is 10.2. The normalized spacial score (nSPS) is 17.8. The Balaban J connectivity index is 2.05. The first-order valence-corrected chi connectivity index (χ1v) is 5.63. The van der Waals surface area contributed by atoms with Crippen LogP contribution >= 0.6 is 0 Å². The molecule has 2 nitrogen and oxygen atoms in total. The molecule has 0 saturated heterocycles. The van der Waals surface area contributed by atoms with E-state index < -0.39 is 0 Å². The smallest absolute Gasteiger partial charge is 0.309 e. The van der Waals surface area contributed by atoms with Crippen LogP contribution in [0.25, 0.3) is 0 Å². The van der Waals surface area contributed by atoms with Crippen LogP contribution in [0.15, 0.2) is 12.2 Å². The summed E-state index contributed by atoms with van der Waals surface area (Å²) in [6.07, 6.45) is 10.4. The zero-order valence-electron chi connectivity index (χ0n) is 9.00. The zero-order valence-corrected chi connectivity index (χ0v) is 9.00. The number of hydrogen-bond donors (Lipinski definition) is 0. The highest BCUT2D eigenvalue weighted by molar-refractivity contribution is 5.71. The van der Waals surface area contributed by atoms with E-state index in [1.54, 1.807) is 0 Å². The number of carbonyl (C=O) groups excluding carboxylic acids is 1. The highest BCUT2D eigenvalue weighted by Crippen LogP contribution is 2.24. The SMILES string of the molecule is CCC=CCC(=O)OCC1CCCC1. The van der Waals surface area contributed by atoms with Gasteiger partial charge in [-0.1, -0.05) is 31.9 Å². The van der Waals surface area contributed by atoms with Gasteiger partial charge in [0.2, 0.25) is 0 Å². The average molecular weight is 196 g/mol. The summed E-state index contributed by atoms with van der Waals surface area (Å²) in [4.78, 5) is 11.2. The van der Waals surface area contributed by atoms with Crippen LogP contribution in [0.1, 0.15) is 45.4 Å². The quantitative estimate of drug-likeness (QED) is 0.499. The van der Waals surface area contributed by atoms with E-state index in [0.717, 1.165) is 6.42 Å². The van der Waals surface area contributed by atoms with Crippen LogP contribution in [-0.4, -0.2) is 12.6 Å². The number of carbonyl (C=O) groups is 1. The Labute approximate surface area is 86.3 Å². The summed E-state index contributed by atoms with van der Waals surface area (Å²) in [6.45, 7) is 2.69. The Hall–Kier alpha value is -0.790. The van der Waals surface area contributed by atoms with Gasteiger partial charge in [0, 0.05) is 0 Å². The second kappa shape index (κ2) is 6.63. The lowest BCUT2D eigenvalue weighted by atomic mass is 10.1. The summed E-state index contributed by atoms with van der Waals surface area (Å²) >= 11 is 0. The molecule has 0 aromatic rings. The van der Waals surface area contributed by atoms with Gasteiger partial charge in [-0.15, -0.1) is 0 Å². The molecule has 0 radical (unpaired) electrons. The molecule has 0 amide bonds. The molecule has 0 N–H and O–H groups in total. The highest BCUT2D eigenvalue weighted by atomic mass is 16.5. The van der Waals surface area contributed by atoms with Crippen LogP contribution < -0.4 is 0 Å². The Kier molecular flexibility index (Phi) is 5.35. The van der Waals surface area contributed by atoms with Gasteiger partial charge >= 0.3 is 5.97 Å².